The van der Waals surface area contributed by atoms with Crippen molar-refractivity contribution in [2.75, 3.05) is 26.4 Å². The highest BCUT2D eigenvalue weighted by Crippen LogP contribution is 2.43. The van der Waals surface area contributed by atoms with E-state index in [1.165, 1.54) is 83.5 Å². The second-order valence-corrected chi connectivity index (χ2v) is 13.9. The van der Waals surface area contributed by atoms with Gasteiger partial charge in [-0.3, -0.25) is 18.6 Å². The number of hydrogen-bond acceptors (Lipinski definition) is 8. The van der Waals surface area contributed by atoms with Crippen LogP contribution in [0.5, 0.6) is 0 Å². The lowest BCUT2D eigenvalue weighted by Crippen LogP contribution is -2.29. The Morgan fingerprint density at radius 1 is 0.625 bits per heavy atom. The lowest BCUT2D eigenvalue weighted by atomic mass is 10.1. The van der Waals surface area contributed by atoms with Gasteiger partial charge >= 0.3 is 19.8 Å². The van der Waals surface area contributed by atoms with Gasteiger partial charge in [0.25, 0.3) is 0 Å². The smallest absolute Gasteiger partial charge is 0.462 e. The van der Waals surface area contributed by atoms with Crippen LogP contribution in [0.3, 0.4) is 0 Å². The molecule has 0 amide bonds. The molecule has 0 aromatic rings. The second-order valence-electron chi connectivity index (χ2n) is 12.4. The highest BCUT2D eigenvalue weighted by Gasteiger charge is 2.25. The van der Waals surface area contributed by atoms with Gasteiger partial charge in [0.15, 0.2) is 6.10 Å². The molecule has 0 rings (SSSR count). The predicted molar refractivity (Wildman–Crippen MR) is 197 cm³/mol. The molecule has 48 heavy (non-hydrogen) atoms. The third-order valence-electron chi connectivity index (χ3n) is 7.78. The Hall–Kier alpha value is -1.77. The van der Waals surface area contributed by atoms with Crippen LogP contribution in [-0.2, 0) is 32.7 Å². The summed E-state index contributed by atoms with van der Waals surface area (Å²) in [6, 6.07) is 0. The van der Waals surface area contributed by atoms with Crippen molar-refractivity contribution in [2.24, 2.45) is 5.73 Å². The Balaban J connectivity index is 4.32. The van der Waals surface area contributed by atoms with E-state index >= 15 is 0 Å². The van der Waals surface area contributed by atoms with Gasteiger partial charge in [-0.25, -0.2) is 4.57 Å². The summed E-state index contributed by atoms with van der Waals surface area (Å²) in [5.74, 6) is -0.892. The maximum absolute atomic E-state index is 12.5. The fourth-order valence-electron chi connectivity index (χ4n) is 4.94. The molecule has 0 aliphatic rings. The quantitative estimate of drug-likeness (QED) is 0.0287. The third kappa shape index (κ3) is 34.1. The topological polar surface area (TPSA) is 134 Å². The number of esters is 2. The molecule has 9 nitrogen and oxygen atoms in total. The molecule has 1 unspecified atom stereocenters. The lowest BCUT2D eigenvalue weighted by Gasteiger charge is -2.19. The number of phosphoric ester groups is 1. The number of carbonyl (C=O) groups excluding carboxylic acids is 2. The molecular weight excluding hydrogens is 629 g/mol. The van der Waals surface area contributed by atoms with Crippen LogP contribution in [0.2, 0.25) is 0 Å². The van der Waals surface area contributed by atoms with E-state index in [1.54, 1.807) is 0 Å². The molecule has 0 aliphatic heterocycles. The molecule has 10 heteroatoms. The molecule has 0 saturated carbocycles. The Kier molecular flexibility index (Phi) is 33.8. The van der Waals surface area contributed by atoms with Crippen LogP contribution in [0.4, 0.5) is 0 Å². The highest BCUT2D eigenvalue weighted by molar-refractivity contribution is 7.47. The average molecular weight is 700 g/mol. The Morgan fingerprint density at radius 3 is 1.67 bits per heavy atom. The van der Waals surface area contributed by atoms with Gasteiger partial charge in [0, 0.05) is 19.4 Å². The summed E-state index contributed by atoms with van der Waals surface area (Å²) in [5.41, 5.74) is 5.32. The Morgan fingerprint density at radius 2 is 1.10 bits per heavy atom. The summed E-state index contributed by atoms with van der Waals surface area (Å²) in [6.07, 6.45) is 36.1. The normalized spacial score (nSPS) is 13.8. The van der Waals surface area contributed by atoms with E-state index in [2.05, 4.69) is 44.2 Å². The standard InChI is InChI=1S/C38H70NO8P/c1-3-5-7-9-11-13-15-16-17-18-19-20-21-23-25-27-29-31-38(41)47-36(35-46-48(42,43)45-33-32-39)34-44-37(40)30-28-26-24-22-14-12-10-8-6-4-2/h16-17,19-20,23,25,36H,3-15,18,21-22,24,26-35,39H2,1-2H3,(H,42,43)/b17-16+,20-19+,25-23+/t36-/m1/s1. The summed E-state index contributed by atoms with van der Waals surface area (Å²) in [4.78, 5) is 34.6. The predicted octanol–water partition coefficient (Wildman–Crippen LogP) is 10.2. The van der Waals surface area contributed by atoms with Gasteiger partial charge < -0.3 is 20.1 Å². The maximum atomic E-state index is 12.5. The molecule has 0 bridgehead atoms. The first kappa shape index (κ1) is 46.2. The molecule has 3 N–H and O–H groups in total. The largest absolute Gasteiger partial charge is 0.472 e. The van der Waals surface area contributed by atoms with Crippen LogP contribution in [0, 0.1) is 0 Å². The lowest BCUT2D eigenvalue weighted by molar-refractivity contribution is -0.161. The van der Waals surface area contributed by atoms with Crippen LogP contribution >= 0.6 is 7.82 Å². The third-order valence-corrected chi connectivity index (χ3v) is 8.76. The summed E-state index contributed by atoms with van der Waals surface area (Å²) in [5, 5.41) is 0. The zero-order chi connectivity index (χ0) is 35.4. The van der Waals surface area contributed by atoms with Crippen molar-refractivity contribution in [3.63, 3.8) is 0 Å². The average Bonchev–Trinajstić information content (AvgIpc) is 3.07. The molecule has 0 spiro atoms. The van der Waals surface area contributed by atoms with Crippen molar-refractivity contribution >= 4 is 19.8 Å². The molecule has 0 fully saturated rings. The van der Waals surface area contributed by atoms with E-state index in [9.17, 15) is 19.0 Å². The molecule has 0 aromatic carbocycles. The van der Waals surface area contributed by atoms with E-state index in [1.807, 2.05) is 6.08 Å². The summed E-state index contributed by atoms with van der Waals surface area (Å²) < 4.78 is 32.5. The van der Waals surface area contributed by atoms with Crippen LogP contribution in [0.1, 0.15) is 162 Å². The number of phosphoric acid groups is 1. The fourth-order valence-corrected chi connectivity index (χ4v) is 5.71. The van der Waals surface area contributed by atoms with Crippen molar-refractivity contribution in [3.8, 4) is 0 Å². The van der Waals surface area contributed by atoms with Crippen LogP contribution in [0.15, 0.2) is 36.5 Å². The van der Waals surface area contributed by atoms with E-state index < -0.39 is 32.5 Å². The van der Waals surface area contributed by atoms with Crippen LogP contribution in [0.25, 0.3) is 0 Å². The minimum absolute atomic E-state index is 0.0460. The van der Waals surface area contributed by atoms with Crippen molar-refractivity contribution < 1.29 is 37.6 Å². The molecule has 2 atom stereocenters. The molecule has 0 aromatic heterocycles. The first-order valence-corrected chi connectivity index (χ1v) is 20.5. The van der Waals surface area contributed by atoms with Gasteiger partial charge in [-0.05, 0) is 44.9 Å². The van der Waals surface area contributed by atoms with Crippen LogP contribution in [-0.4, -0.2) is 49.3 Å². The number of hydrogen-bond donors (Lipinski definition) is 2. The van der Waals surface area contributed by atoms with Crippen molar-refractivity contribution in [1.82, 2.24) is 0 Å². The minimum Gasteiger partial charge on any atom is -0.462 e. The summed E-state index contributed by atoms with van der Waals surface area (Å²) in [6.45, 7) is 3.64. The molecule has 280 valence electrons. The van der Waals surface area contributed by atoms with Crippen LogP contribution < -0.4 is 5.73 Å². The number of ether oxygens (including phenoxy) is 2. The van der Waals surface area contributed by atoms with Gasteiger partial charge in [0.05, 0.1) is 13.2 Å². The Bertz CT molecular complexity index is 892. The van der Waals surface area contributed by atoms with Gasteiger partial charge in [-0.1, -0.05) is 140 Å². The van der Waals surface area contributed by atoms with Gasteiger partial charge in [-0.15, -0.1) is 0 Å². The van der Waals surface area contributed by atoms with E-state index in [0.717, 1.165) is 44.9 Å². The first-order valence-electron chi connectivity index (χ1n) is 19.0. The maximum Gasteiger partial charge on any atom is 0.472 e. The number of rotatable bonds is 35. The zero-order valence-electron chi connectivity index (χ0n) is 30.5. The fraction of sp³-hybridized carbons (Fsp3) is 0.789. The monoisotopic (exact) mass is 699 g/mol. The van der Waals surface area contributed by atoms with Crippen molar-refractivity contribution in [3.05, 3.63) is 36.5 Å². The van der Waals surface area contributed by atoms with Crippen molar-refractivity contribution in [2.45, 2.75) is 168 Å². The second kappa shape index (κ2) is 35.1. The number of nitrogens with two attached hydrogens (primary N) is 1. The highest BCUT2D eigenvalue weighted by atomic mass is 31.2. The SMILES string of the molecule is CCCCCCCC/C=C/C/C=C/C/C=C/CCCC(=O)O[C@H](COC(=O)CCCCCCCCCCCC)COP(=O)(O)OCCN. The molecule has 0 radical (unpaired) electrons. The molecule has 0 aliphatic carbocycles. The number of carbonyl (C=O) groups is 2. The zero-order valence-corrected chi connectivity index (χ0v) is 31.4. The summed E-state index contributed by atoms with van der Waals surface area (Å²) >= 11 is 0. The Labute approximate surface area is 293 Å². The van der Waals surface area contributed by atoms with Crippen molar-refractivity contribution in [1.29, 1.82) is 0 Å². The van der Waals surface area contributed by atoms with Gasteiger partial charge in [0.2, 0.25) is 0 Å². The number of unbranched alkanes of at least 4 members (excludes halogenated alkanes) is 16. The number of allylic oxidation sites excluding steroid dienone is 6. The van der Waals surface area contributed by atoms with Gasteiger partial charge in [-0.2, -0.15) is 0 Å². The minimum atomic E-state index is -4.38. The van der Waals surface area contributed by atoms with E-state index in [-0.39, 0.29) is 32.6 Å². The molecule has 0 heterocycles. The first-order chi connectivity index (χ1) is 23.3. The van der Waals surface area contributed by atoms with E-state index in [4.69, 9.17) is 24.3 Å². The summed E-state index contributed by atoms with van der Waals surface area (Å²) in [7, 11) is -4.38. The van der Waals surface area contributed by atoms with E-state index in [0.29, 0.717) is 6.42 Å². The molecule has 0 saturated heterocycles. The molecular formula is C38H70NO8P. The van der Waals surface area contributed by atoms with Gasteiger partial charge in [0.1, 0.15) is 6.61 Å².